The van der Waals surface area contributed by atoms with Crippen LogP contribution in [0.15, 0.2) is 42.5 Å². The molecular formula is C28H35N3O2S. The minimum Gasteiger partial charge on any atom is -0.351 e. The highest BCUT2D eigenvalue weighted by Crippen LogP contribution is 2.40. The van der Waals surface area contributed by atoms with Crippen LogP contribution in [-0.4, -0.2) is 32.9 Å². The second-order valence-electron chi connectivity index (χ2n) is 10.1. The highest BCUT2D eigenvalue weighted by atomic mass is 32.1. The third kappa shape index (κ3) is 3.96. The molecule has 2 aromatic heterocycles. The first-order valence-electron chi connectivity index (χ1n) is 12.7. The molecule has 180 valence electrons. The van der Waals surface area contributed by atoms with Crippen molar-refractivity contribution in [3.8, 4) is 0 Å². The van der Waals surface area contributed by atoms with Gasteiger partial charge in [0.25, 0.3) is 5.91 Å². The molecule has 3 heterocycles. The third-order valence-electron chi connectivity index (χ3n) is 7.77. The zero-order valence-corrected chi connectivity index (χ0v) is 21.3. The van der Waals surface area contributed by atoms with Crippen molar-refractivity contribution in [3.63, 3.8) is 0 Å². The minimum atomic E-state index is -0.980. The van der Waals surface area contributed by atoms with Gasteiger partial charge < -0.3 is 14.8 Å². The zero-order valence-electron chi connectivity index (χ0n) is 20.5. The van der Waals surface area contributed by atoms with Crippen LogP contribution >= 0.6 is 11.3 Å². The lowest BCUT2D eigenvalue weighted by Gasteiger charge is -2.47. The summed E-state index contributed by atoms with van der Waals surface area (Å²) in [5.74, 6) is -0.100. The van der Waals surface area contributed by atoms with E-state index in [0.717, 1.165) is 47.9 Å². The van der Waals surface area contributed by atoms with Crippen LogP contribution in [0.25, 0.3) is 10.2 Å². The fourth-order valence-electron chi connectivity index (χ4n) is 5.78. The highest BCUT2D eigenvalue weighted by molar-refractivity contribution is 7.19. The molecule has 1 aromatic carbocycles. The minimum absolute atomic E-state index is 0.0334. The molecule has 1 aliphatic heterocycles. The summed E-state index contributed by atoms with van der Waals surface area (Å²) in [5.41, 5.74) is 1.82. The molecule has 2 unspecified atom stereocenters. The third-order valence-corrected chi connectivity index (χ3v) is 8.99. The second kappa shape index (κ2) is 9.21. The normalized spacial score (nSPS) is 22.4. The van der Waals surface area contributed by atoms with Gasteiger partial charge in [-0.25, -0.2) is 0 Å². The number of nitrogens with one attached hydrogen (secondary N) is 1. The van der Waals surface area contributed by atoms with E-state index in [2.05, 4.69) is 22.9 Å². The first-order chi connectivity index (χ1) is 16.4. The van der Waals surface area contributed by atoms with Gasteiger partial charge in [0.2, 0.25) is 5.91 Å². The molecule has 6 heteroatoms. The Morgan fingerprint density at radius 1 is 1.15 bits per heavy atom. The van der Waals surface area contributed by atoms with Gasteiger partial charge in [-0.15, -0.1) is 11.3 Å². The lowest BCUT2D eigenvalue weighted by Crippen LogP contribution is -2.65. The maximum atomic E-state index is 14.1. The number of thiophene rings is 1. The average molecular weight is 478 g/mol. The molecule has 1 fully saturated rings. The fraction of sp³-hybridized carbons (Fsp3) is 0.500. The van der Waals surface area contributed by atoms with Crippen molar-refractivity contribution < 1.29 is 9.59 Å². The van der Waals surface area contributed by atoms with Gasteiger partial charge in [0, 0.05) is 10.9 Å². The topological polar surface area (TPSA) is 54.3 Å². The molecule has 0 bridgehead atoms. The highest BCUT2D eigenvalue weighted by Gasteiger charge is 2.50. The Labute approximate surface area is 206 Å². The average Bonchev–Trinajstić information content (AvgIpc) is 3.28. The van der Waals surface area contributed by atoms with Gasteiger partial charge in [0.1, 0.15) is 11.2 Å². The number of nitrogens with zero attached hydrogens (tertiary/aromatic N) is 2. The predicted octanol–water partition coefficient (Wildman–Crippen LogP) is 6.08. The molecule has 1 N–H and O–H groups in total. The summed E-state index contributed by atoms with van der Waals surface area (Å²) in [7, 11) is 0. The maximum Gasteiger partial charge on any atom is 0.272 e. The van der Waals surface area contributed by atoms with E-state index in [9.17, 15) is 9.59 Å². The Balaban J connectivity index is 1.56. The Morgan fingerprint density at radius 2 is 1.85 bits per heavy atom. The molecule has 1 saturated carbocycles. The maximum absolute atomic E-state index is 14.1. The summed E-state index contributed by atoms with van der Waals surface area (Å²) < 4.78 is 3.22. The van der Waals surface area contributed by atoms with Gasteiger partial charge in [-0.3, -0.25) is 9.59 Å². The summed E-state index contributed by atoms with van der Waals surface area (Å²) in [6.07, 6.45) is 7.80. The van der Waals surface area contributed by atoms with Crippen LogP contribution in [0, 0.1) is 0 Å². The summed E-state index contributed by atoms with van der Waals surface area (Å²) in [4.78, 5) is 31.2. The van der Waals surface area contributed by atoms with E-state index in [0.29, 0.717) is 12.2 Å². The quantitative estimate of drug-likeness (QED) is 0.453. The van der Waals surface area contributed by atoms with E-state index in [4.69, 9.17) is 0 Å². The Bertz CT molecular complexity index is 1190. The van der Waals surface area contributed by atoms with Crippen LogP contribution in [0.3, 0.4) is 0 Å². The zero-order chi connectivity index (χ0) is 23.9. The Kier molecular flexibility index (Phi) is 6.28. The number of rotatable bonds is 5. The second-order valence-corrected chi connectivity index (χ2v) is 11.3. The van der Waals surface area contributed by atoms with Gasteiger partial charge >= 0.3 is 0 Å². The van der Waals surface area contributed by atoms with E-state index in [1.165, 1.54) is 17.7 Å². The van der Waals surface area contributed by atoms with Crippen molar-refractivity contribution in [2.75, 3.05) is 0 Å². The number of carbonyl (C=O) groups is 2. The van der Waals surface area contributed by atoms with Crippen molar-refractivity contribution in [2.45, 2.75) is 89.9 Å². The van der Waals surface area contributed by atoms with Crippen LogP contribution in [-0.2, 0) is 17.8 Å². The molecule has 34 heavy (non-hydrogen) atoms. The number of amides is 2. The summed E-state index contributed by atoms with van der Waals surface area (Å²) in [5, 5.41) is 3.37. The van der Waals surface area contributed by atoms with Gasteiger partial charge in [-0.2, -0.15) is 0 Å². The lowest BCUT2D eigenvalue weighted by molar-refractivity contribution is -0.135. The van der Waals surface area contributed by atoms with Crippen molar-refractivity contribution in [3.05, 3.63) is 58.6 Å². The fourth-order valence-corrected chi connectivity index (χ4v) is 6.82. The summed E-state index contributed by atoms with van der Waals surface area (Å²) in [6, 6.07) is 14.2. The SMILES string of the molecule is CCc1cc2c(cc3n2CC(C)(C(=O)NC2CCCCCC2)N(C(C)c2ccccc2)C3=O)s1. The van der Waals surface area contributed by atoms with Crippen molar-refractivity contribution in [1.82, 2.24) is 14.8 Å². The molecule has 0 spiro atoms. The number of hydrogen-bond acceptors (Lipinski definition) is 3. The Hall–Kier alpha value is -2.60. The molecule has 1 aliphatic carbocycles. The smallest absolute Gasteiger partial charge is 0.272 e. The molecule has 2 aliphatic rings. The molecule has 5 rings (SSSR count). The van der Waals surface area contributed by atoms with Gasteiger partial charge in [-0.05, 0) is 50.8 Å². The molecule has 3 aromatic rings. The van der Waals surface area contributed by atoms with E-state index in [1.807, 2.05) is 55.1 Å². The van der Waals surface area contributed by atoms with Crippen LogP contribution in [0.5, 0.6) is 0 Å². The van der Waals surface area contributed by atoms with E-state index < -0.39 is 5.54 Å². The summed E-state index contributed by atoms with van der Waals surface area (Å²) >= 11 is 1.75. The van der Waals surface area contributed by atoms with Gasteiger partial charge in [0.05, 0.1) is 22.8 Å². The first-order valence-corrected chi connectivity index (χ1v) is 13.6. The van der Waals surface area contributed by atoms with Crippen molar-refractivity contribution in [2.24, 2.45) is 0 Å². The van der Waals surface area contributed by atoms with Crippen LogP contribution in [0.2, 0.25) is 0 Å². The Morgan fingerprint density at radius 3 is 2.53 bits per heavy atom. The summed E-state index contributed by atoms with van der Waals surface area (Å²) in [6.45, 7) is 6.62. The van der Waals surface area contributed by atoms with E-state index in [-0.39, 0.29) is 23.9 Å². The molecule has 0 radical (unpaired) electrons. The van der Waals surface area contributed by atoms with Gasteiger partial charge in [0.15, 0.2) is 0 Å². The van der Waals surface area contributed by atoms with Crippen molar-refractivity contribution in [1.29, 1.82) is 0 Å². The molecule has 2 amide bonds. The number of fused-ring (bicyclic) bond motifs is 3. The standard InChI is InChI=1S/C28H35N3O2S/c1-4-22-16-23-25(34-22)17-24-26(32)31(19(2)20-12-8-7-9-13-20)28(3,18-30(23)24)27(33)29-21-14-10-5-6-11-15-21/h7-9,12-13,16-17,19,21H,4-6,10-11,14-15,18H2,1-3H3,(H,29,33). The molecular weight excluding hydrogens is 442 g/mol. The number of aryl methyl sites for hydroxylation is 1. The van der Waals surface area contributed by atoms with E-state index >= 15 is 0 Å². The van der Waals surface area contributed by atoms with Crippen molar-refractivity contribution >= 4 is 33.4 Å². The van der Waals surface area contributed by atoms with Crippen LogP contribution in [0.4, 0.5) is 0 Å². The monoisotopic (exact) mass is 477 g/mol. The molecule has 5 nitrogen and oxygen atoms in total. The number of carbonyl (C=O) groups excluding carboxylic acids is 2. The molecule has 0 saturated heterocycles. The first kappa shape index (κ1) is 23.2. The molecule has 2 atom stereocenters. The number of aromatic nitrogens is 1. The number of hydrogen-bond donors (Lipinski definition) is 1. The lowest BCUT2D eigenvalue weighted by atomic mass is 9.90. The van der Waals surface area contributed by atoms with Crippen LogP contribution < -0.4 is 5.32 Å². The van der Waals surface area contributed by atoms with E-state index in [1.54, 1.807) is 11.3 Å². The van der Waals surface area contributed by atoms with Crippen LogP contribution in [0.1, 0.15) is 86.3 Å². The van der Waals surface area contributed by atoms with Gasteiger partial charge in [-0.1, -0.05) is 62.9 Å². The number of benzene rings is 1. The largest absolute Gasteiger partial charge is 0.351 e. The predicted molar refractivity (Wildman–Crippen MR) is 138 cm³/mol.